The molecule has 5 heterocycles. The van der Waals surface area contributed by atoms with E-state index in [1.165, 1.54) is 17.2 Å². The van der Waals surface area contributed by atoms with Crippen molar-refractivity contribution < 1.29 is 33.7 Å². The third-order valence-electron chi connectivity index (χ3n) is 7.12. The van der Waals surface area contributed by atoms with E-state index in [1.807, 2.05) is 0 Å². The number of nitrogens with one attached hydrogen (secondary N) is 3. The number of urea groups is 1. The number of ketones is 1. The summed E-state index contributed by atoms with van der Waals surface area (Å²) in [6.45, 7) is 2.45. The third kappa shape index (κ3) is 3.87. The van der Waals surface area contributed by atoms with Crippen LogP contribution in [0.15, 0.2) is 48.7 Å². The van der Waals surface area contributed by atoms with Gasteiger partial charge in [-0.2, -0.15) is 0 Å². The fraction of sp³-hybridized carbons (Fsp3) is 0.360. The average Bonchev–Trinajstić information content (AvgIpc) is 3.72. The maximum absolute atomic E-state index is 14.0. The summed E-state index contributed by atoms with van der Waals surface area (Å²) in [7, 11) is 0. The number of anilines is 1. The Morgan fingerprint density at radius 3 is 2.79 bits per heavy atom. The van der Waals surface area contributed by atoms with Gasteiger partial charge >= 0.3 is 12.0 Å². The zero-order chi connectivity index (χ0) is 27.1. The maximum atomic E-state index is 14.0. The van der Waals surface area contributed by atoms with Crippen LogP contribution in [0.25, 0.3) is 17.0 Å². The number of carboxylic acid groups (broad SMARTS) is 1. The number of carbonyl (C=O) groups excluding carboxylic acids is 2. The Kier molecular flexibility index (Phi) is 6.12. The number of rotatable bonds is 7. The molecule has 6 rings (SSSR count). The minimum Gasteiger partial charge on any atom is -0.480 e. The number of nitrogens with zero attached hydrogens (tertiary/aromatic N) is 4. The van der Waals surface area contributed by atoms with Crippen LogP contribution >= 0.6 is 0 Å². The van der Waals surface area contributed by atoms with Crippen molar-refractivity contribution in [3.63, 3.8) is 0 Å². The molecule has 2 fully saturated rings. The Hall–Kier alpha value is -4.56. The molecule has 0 aliphatic carbocycles. The smallest absolute Gasteiger partial charge is 0.329 e. The number of ether oxygens (including phenoxy) is 3. The highest BCUT2D eigenvalue weighted by Crippen LogP contribution is 2.43. The van der Waals surface area contributed by atoms with Gasteiger partial charge in [0.25, 0.3) is 0 Å². The van der Waals surface area contributed by atoms with Crippen molar-refractivity contribution in [2.75, 3.05) is 25.2 Å². The minimum atomic E-state index is -1.61. The van der Waals surface area contributed by atoms with E-state index >= 15 is 0 Å². The minimum absolute atomic E-state index is 0.103. The summed E-state index contributed by atoms with van der Waals surface area (Å²) >= 11 is 0. The summed E-state index contributed by atoms with van der Waals surface area (Å²) in [6.07, 6.45) is 0.951. The fourth-order valence-corrected chi connectivity index (χ4v) is 5.41. The van der Waals surface area contributed by atoms with Crippen LogP contribution in [0, 0.1) is 5.92 Å². The summed E-state index contributed by atoms with van der Waals surface area (Å²) in [5.74, 6) is -1.89. The largest absolute Gasteiger partial charge is 0.480 e. The first-order chi connectivity index (χ1) is 19.0. The standard InChI is InChI=1S/C25H25N7O7/c1-2-26-24(36)31-20-15-21(28-10-27-20)32(11-29-15)22-19-18(37-12-38-19)17(39-22)16(33)14-8-9-30-25(14,23(34)35)13-6-4-3-5-7-13/h3-7,10-11,14,17-18,30H,2,8-9,12H2,1H3,(H,34,35)(H2,26,27,28,31,36). The number of Topliss-reactive ketones (excluding diaryl/α,β-unsaturated/α-hetero) is 1. The molecule has 0 spiro atoms. The van der Waals surface area contributed by atoms with Gasteiger partial charge in [-0.05, 0) is 25.5 Å². The maximum Gasteiger partial charge on any atom is 0.329 e. The molecule has 14 nitrogen and oxygen atoms in total. The summed E-state index contributed by atoms with van der Waals surface area (Å²) < 4.78 is 19.0. The summed E-state index contributed by atoms with van der Waals surface area (Å²) in [4.78, 5) is 51.4. The van der Waals surface area contributed by atoms with Crippen LogP contribution in [0.4, 0.5) is 10.6 Å². The van der Waals surface area contributed by atoms with Crippen molar-refractivity contribution in [2.45, 2.75) is 31.1 Å². The van der Waals surface area contributed by atoms with E-state index in [9.17, 15) is 19.5 Å². The SMILES string of the molecule is CCNC(=O)Nc1ncnc2c1ncn2C1=C2OCOC2C(C(=O)C2CCNC2(C(=O)O)c2ccccc2)O1. The second-order valence-electron chi connectivity index (χ2n) is 9.20. The second kappa shape index (κ2) is 9.63. The van der Waals surface area contributed by atoms with Crippen LogP contribution in [-0.4, -0.2) is 74.5 Å². The first-order valence-electron chi connectivity index (χ1n) is 12.4. The van der Waals surface area contributed by atoms with E-state index in [4.69, 9.17) is 14.2 Å². The van der Waals surface area contributed by atoms with E-state index in [0.29, 0.717) is 36.2 Å². The van der Waals surface area contributed by atoms with Gasteiger partial charge in [-0.15, -0.1) is 0 Å². The number of aromatic nitrogens is 4. The molecule has 1 aromatic carbocycles. The lowest BCUT2D eigenvalue weighted by atomic mass is 9.75. The zero-order valence-corrected chi connectivity index (χ0v) is 20.8. The van der Waals surface area contributed by atoms with E-state index in [2.05, 4.69) is 30.9 Å². The van der Waals surface area contributed by atoms with Crippen LogP contribution in [0.1, 0.15) is 18.9 Å². The molecule has 2 aromatic heterocycles. The molecule has 0 bridgehead atoms. The van der Waals surface area contributed by atoms with Crippen LogP contribution in [0.2, 0.25) is 0 Å². The summed E-state index contributed by atoms with van der Waals surface area (Å²) in [6, 6.07) is 8.19. The van der Waals surface area contributed by atoms with Crippen molar-refractivity contribution in [1.29, 1.82) is 0 Å². The monoisotopic (exact) mass is 535 g/mol. The molecule has 3 aliphatic rings. The van der Waals surface area contributed by atoms with Crippen LogP contribution in [-0.2, 0) is 29.3 Å². The average molecular weight is 536 g/mol. The molecular weight excluding hydrogens is 510 g/mol. The predicted molar refractivity (Wildman–Crippen MR) is 134 cm³/mol. The van der Waals surface area contributed by atoms with Crippen molar-refractivity contribution in [3.8, 4) is 0 Å². The second-order valence-corrected chi connectivity index (χ2v) is 9.20. The van der Waals surface area contributed by atoms with Crippen molar-refractivity contribution in [3.05, 3.63) is 54.3 Å². The number of carbonyl (C=O) groups is 3. The first-order valence-corrected chi connectivity index (χ1v) is 12.4. The van der Waals surface area contributed by atoms with E-state index in [1.54, 1.807) is 37.3 Å². The lowest BCUT2D eigenvalue weighted by Crippen LogP contribution is -2.54. The molecule has 14 heteroatoms. The quantitative estimate of drug-likeness (QED) is 0.339. The van der Waals surface area contributed by atoms with Gasteiger partial charge in [0.2, 0.25) is 5.88 Å². The number of hydrogen-bond donors (Lipinski definition) is 4. The lowest BCUT2D eigenvalue weighted by molar-refractivity contribution is -0.152. The van der Waals surface area contributed by atoms with Gasteiger partial charge in [0, 0.05) is 6.54 Å². The molecule has 2 amide bonds. The topological polar surface area (TPSA) is 179 Å². The highest BCUT2D eigenvalue weighted by molar-refractivity contribution is 5.98. The number of hydrogen-bond acceptors (Lipinski definition) is 10. The molecule has 39 heavy (non-hydrogen) atoms. The third-order valence-corrected chi connectivity index (χ3v) is 7.12. The van der Waals surface area contributed by atoms with Gasteiger partial charge in [0.1, 0.15) is 12.7 Å². The molecule has 3 aliphatic heterocycles. The normalized spacial score (nSPS) is 25.7. The number of fused-ring (bicyclic) bond motifs is 2. The van der Waals surface area contributed by atoms with E-state index in [0.717, 1.165) is 0 Å². The van der Waals surface area contributed by atoms with Crippen molar-refractivity contribution >= 4 is 40.6 Å². The van der Waals surface area contributed by atoms with Crippen molar-refractivity contribution in [2.24, 2.45) is 5.92 Å². The fourth-order valence-electron chi connectivity index (χ4n) is 5.41. The van der Waals surface area contributed by atoms with Gasteiger partial charge in [-0.3, -0.25) is 15.4 Å². The first kappa shape index (κ1) is 24.8. The van der Waals surface area contributed by atoms with Gasteiger partial charge < -0.3 is 24.6 Å². The Morgan fingerprint density at radius 2 is 2.03 bits per heavy atom. The van der Waals surface area contributed by atoms with Gasteiger partial charge in [0.15, 0.2) is 53.1 Å². The molecule has 0 saturated carbocycles. The Labute approximate surface area is 221 Å². The van der Waals surface area contributed by atoms with E-state index in [-0.39, 0.29) is 24.3 Å². The van der Waals surface area contributed by atoms with E-state index < -0.39 is 41.4 Å². The molecule has 4 unspecified atom stereocenters. The highest BCUT2D eigenvalue weighted by atomic mass is 16.7. The number of amides is 2. The van der Waals surface area contributed by atoms with Gasteiger partial charge in [-0.1, -0.05) is 30.3 Å². The van der Waals surface area contributed by atoms with Crippen LogP contribution in [0.3, 0.4) is 0 Å². The molecular formula is C25H25N7O7. The summed E-state index contributed by atoms with van der Waals surface area (Å²) in [5.41, 5.74) is -0.542. The van der Waals surface area contributed by atoms with Crippen LogP contribution in [0.5, 0.6) is 0 Å². The number of benzene rings is 1. The molecule has 0 radical (unpaired) electrons. The Morgan fingerprint density at radius 1 is 1.21 bits per heavy atom. The summed E-state index contributed by atoms with van der Waals surface area (Å²) in [5, 5.41) is 18.6. The number of imidazole rings is 1. The zero-order valence-electron chi connectivity index (χ0n) is 20.8. The molecule has 202 valence electrons. The number of aliphatic carboxylic acids is 1. The molecule has 4 N–H and O–H groups in total. The Balaban J connectivity index is 1.33. The van der Waals surface area contributed by atoms with Crippen LogP contribution < -0.4 is 16.0 Å². The van der Waals surface area contributed by atoms with Gasteiger partial charge in [-0.25, -0.2) is 29.1 Å². The highest BCUT2D eigenvalue weighted by Gasteiger charge is 2.58. The predicted octanol–water partition coefficient (Wildman–Crippen LogP) is 1.02. The number of carboxylic acids is 1. The molecule has 3 aromatic rings. The van der Waals surface area contributed by atoms with Crippen molar-refractivity contribution in [1.82, 2.24) is 30.2 Å². The molecule has 2 saturated heterocycles. The van der Waals surface area contributed by atoms with Gasteiger partial charge in [0.05, 0.1) is 5.92 Å². The Bertz CT molecular complexity index is 1490. The molecule has 4 atom stereocenters. The lowest BCUT2D eigenvalue weighted by Gasteiger charge is -2.32.